The lowest BCUT2D eigenvalue weighted by Crippen LogP contribution is -2.36. The van der Waals surface area contributed by atoms with Gasteiger partial charge >= 0.3 is 0 Å². The van der Waals surface area contributed by atoms with E-state index in [1.807, 2.05) is 58.9 Å². The van der Waals surface area contributed by atoms with E-state index in [2.05, 4.69) is 15.5 Å². The molecule has 160 valence electrons. The third-order valence-electron chi connectivity index (χ3n) is 5.22. The van der Waals surface area contributed by atoms with E-state index in [1.165, 1.54) is 11.8 Å². The van der Waals surface area contributed by atoms with Crippen LogP contribution in [-0.2, 0) is 4.79 Å². The maximum Gasteiger partial charge on any atom is 0.255 e. The van der Waals surface area contributed by atoms with Crippen LogP contribution in [0.5, 0.6) is 0 Å². The third kappa shape index (κ3) is 4.96. The van der Waals surface area contributed by atoms with Crippen molar-refractivity contribution in [2.45, 2.75) is 31.3 Å². The van der Waals surface area contributed by atoms with Crippen molar-refractivity contribution in [3.63, 3.8) is 0 Å². The number of thioether (sulfide) groups is 1. The molecule has 2 aromatic carbocycles. The summed E-state index contributed by atoms with van der Waals surface area (Å²) >= 11 is 1.31. The summed E-state index contributed by atoms with van der Waals surface area (Å²) in [5.41, 5.74) is 2.03. The summed E-state index contributed by atoms with van der Waals surface area (Å²) in [5, 5.41) is 11.9. The molecule has 1 aliphatic heterocycles. The Kier molecular flexibility index (Phi) is 6.66. The fourth-order valence-corrected chi connectivity index (χ4v) is 4.47. The number of para-hydroxylation sites is 2. The molecule has 2 amide bonds. The molecule has 1 N–H and O–H groups in total. The van der Waals surface area contributed by atoms with Gasteiger partial charge in [-0.05, 0) is 50.5 Å². The zero-order valence-electron chi connectivity index (χ0n) is 17.5. The van der Waals surface area contributed by atoms with Gasteiger partial charge in [-0.1, -0.05) is 42.1 Å². The van der Waals surface area contributed by atoms with E-state index >= 15 is 0 Å². The summed E-state index contributed by atoms with van der Waals surface area (Å²) in [4.78, 5) is 27.5. The minimum Gasteiger partial charge on any atom is -0.339 e. The standard InChI is InChI=1S/C23H25N5O2S/c1-17-25-26-23(28(17)18-10-4-2-5-11-18)31-16-21(29)24-20-13-7-6-12-19(20)22(30)27-14-8-3-9-15-27/h2,4-7,10-13H,3,8-9,14-16H2,1H3,(H,24,29). The molecule has 0 aliphatic carbocycles. The maximum absolute atomic E-state index is 12.9. The van der Waals surface area contributed by atoms with Crippen molar-refractivity contribution in [1.82, 2.24) is 19.7 Å². The van der Waals surface area contributed by atoms with Crippen molar-refractivity contribution in [1.29, 1.82) is 0 Å². The van der Waals surface area contributed by atoms with Crippen molar-refractivity contribution < 1.29 is 9.59 Å². The number of nitrogens with one attached hydrogen (secondary N) is 1. The van der Waals surface area contributed by atoms with Crippen LogP contribution in [0.4, 0.5) is 5.69 Å². The molecule has 0 saturated carbocycles. The van der Waals surface area contributed by atoms with Crippen LogP contribution in [0.15, 0.2) is 59.8 Å². The van der Waals surface area contributed by atoms with Gasteiger partial charge in [0.25, 0.3) is 5.91 Å². The SMILES string of the molecule is Cc1nnc(SCC(=O)Nc2ccccc2C(=O)N2CCCCC2)n1-c1ccccc1. The normalized spacial score (nSPS) is 13.8. The molecular weight excluding hydrogens is 410 g/mol. The number of nitrogens with zero attached hydrogens (tertiary/aromatic N) is 4. The van der Waals surface area contributed by atoms with Gasteiger partial charge in [0.2, 0.25) is 5.91 Å². The van der Waals surface area contributed by atoms with Crippen molar-refractivity contribution in [3.8, 4) is 5.69 Å². The molecule has 0 unspecified atom stereocenters. The van der Waals surface area contributed by atoms with E-state index < -0.39 is 0 Å². The quantitative estimate of drug-likeness (QED) is 0.594. The highest BCUT2D eigenvalue weighted by atomic mass is 32.2. The molecule has 4 rings (SSSR count). The van der Waals surface area contributed by atoms with Crippen LogP contribution in [-0.4, -0.2) is 50.3 Å². The lowest BCUT2D eigenvalue weighted by molar-refractivity contribution is -0.113. The fraction of sp³-hybridized carbons (Fsp3) is 0.304. The van der Waals surface area contributed by atoms with Gasteiger partial charge in [-0.3, -0.25) is 14.2 Å². The van der Waals surface area contributed by atoms with Crippen LogP contribution in [0, 0.1) is 6.92 Å². The van der Waals surface area contributed by atoms with Gasteiger partial charge in [0.05, 0.1) is 17.0 Å². The van der Waals surface area contributed by atoms with E-state index in [9.17, 15) is 9.59 Å². The van der Waals surface area contributed by atoms with Crippen LogP contribution in [0.3, 0.4) is 0 Å². The summed E-state index contributed by atoms with van der Waals surface area (Å²) in [6.07, 6.45) is 3.21. The molecule has 31 heavy (non-hydrogen) atoms. The van der Waals surface area contributed by atoms with Crippen LogP contribution in [0.1, 0.15) is 35.4 Å². The number of piperidine rings is 1. The minimum atomic E-state index is -0.191. The second kappa shape index (κ2) is 9.78. The van der Waals surface area contributed by atoms with Gasteiger partial charge in [-0.15, -0.1) is 10.2 Å². The summed E-state index contributed by atoms with van der Waals surface area (Å²) in [7, 11) is 0. The van der Waals surface area contributed by atoms with Crippen molar-refractivity contribution >= 4 is 29.3 Å². The Balaban J connectivity index is 1.43. The van der Waals surface area contributed by atoms with Crippen molar-refractivity contribution in [2.24, 2.45) is 0 Å². The average molecular weight is 436 g/mol. The number of aromatic nitrogens is 3. The largest absolute Gasteiger partial charge is 0.339 e. The summed E-state index contributed by atoms with van der Waals surface area (Å²) in [6, 6.07) is 17.0. The maximum atomic E-state index is 12.9. The van der Waals surface area contributed by atoms with Crippen LogP contribution in [0.2, 0.25) is 0 Å². The number of carbonyl (C=O) groups is 2. The number of likely N-dealkylation sites (tertiary alicyclic amines) is 1. The molecule has 0 spiro atoms. The average Bonchev–Trinajstić information content (AvgIpc) is 3.19. The van der Waals surface area contributed by atoms with Crippen LogP contribution < -0.4 is 5.32 Å². The summed E-state index contributed by atoms with van der Waals surface area (Å²) < 4.78 is 1.92. The van der Waals surface area contributed by atoms with Crippen LogP contribution >= 0.6 is 11.8 Å². The van der Waals surface area contributed by atoms with Gasteiger partial charge in [0.1, 0.15) is 5.82 Å². The van der Waals surface area contributed by atoms with E-state index in [-0.39, 0.29) is 17.6 Å². The molecule has 1 saturated heterocycles. The second-order valence-electron chi connectivity index (χ2n) is 7.44. The van der Waals surface area contributed by atoms with E-state index in [4.69, 9.17) is 0 Å². The number of rotatable bonds is 6. The Morgan fingerprint density at radius 3 is 2.45 bits per heavy atom. The first-order valence-corrected chi connectivity index (χ1v) is 11.4. The predicted octanol–water partition coefficient (Wildman–Crippen LogP) is 3.93. The van der Waals surface area contributed by atoms with Gasteiger partial charge in [0, 0.05) is 18.8 Å². The minimum absolute atomic E-state index is 0.0253. The Labute approximate surface area is 185 Å². The molecular formula is C23H25N5O2S. The molecule has 1 fully saturated rings. The summed E-state index contributed by atoms with van der Waals surface area (Å²) in [6.45, 7) is 3.42. The number of carbonyl (C=O) groups excluding carboxylic acids is 2. The molecule has 0 radical (unpaired) electrons. The highest BCUT2D eigenvalue weighted by Gasteiger charge is 2.21. The number of hydrogen-bond donors (Lipinski definition) is 1. The lowest BCUT2D eigenvalue weighted by atomic mass is 10.1. The predicted molar refractivity (Wildman–Crippen MR) is 122 cm³/mol. The molecule has 3 aromatic rings. The molecule has 2 heterocycles. The van der Waals surface area contributed by atoms with Gasteiger partial charge in [-0.2, -0.15) is 0 Å². The smallest absolute Gasteiger partial charge is 0.255 e. The first kappa shape index (κ1) is 21.1. The second-order valence-corrected chi connectivity index (χ2v) is 8.38. The summed E-state index contributed by atoms with van der Waals surface area (Å²) in [5.74, 6) is 0.704. The Morgan fingerprint density at radius 1 is 0.968 bits per heavy atom. The number of anilines is 1. The number of aryl methyl sites for hydroxylation is 1. The highest BCUT2D eigenvalue weighted by molar-refractivity contribution is 7.99. The van der Waals surface area contributed by atoms with E-state index in [0.29, 0.717) is 16.4 Å². The fourth-order valence-electron chi connectivity index (χ4n) is 3.67. The zero-order chi connectivity index (χ0) is 21.6. The van der Waals surface area contributed by atoms with Crippen LogP contribution in [0.25, 0.3) is 5.69 Å². The van der Waals surface area contributed by atoms with E-state index in [0.717, 1.165) is 43.9 Å². The van der Waals surface area contributed by atoms with Gasteiger partial charge in [-0.25, -0.2) is 0 Å². The monoisotopic (exact) mass is 435 g/mol. The van der Waals surface area contributed by atoms with Crippen molar-refractivity contribution in [3.05, 3.63) is 66.0 Å². The zero-order valence-corrected chi connectivity index (χ0v) is 18.3. The van der Waals surface area contributed by atoms with E-state index in [1.54, 1.807) is 12.1 Å². The Bertz CT molecular complexity index is 1060. The first-order valence-electron chi connectivity index (χ1n) is 10.4. The van der Waals surface area contributed by atoms with Crippen molar-refractivity contribution in [2.75, 3.05) is 24.2 Å². The molecule has 1 aliphatic rings. The molecule has 1 aromatic heterocycles. The topological polar surface area (TPSA) is 80.1 Å². The number of hydrogen-bond acceptors (Lipinski definition) is 5. The molecule has 7 nitrogen and oxygen atoms in total. The number of amides is 2. The van der Waals surface area contributed by atoms with Gasteiger partial charge < -0.3 is 10.2 Å². The molecule has 0 atom stereocenters. The number of benzene rings is 2. The highest BCUT2D eigenvalue weighted by Crippen LogP contribution is 2.23. The van der Waals surface area contributed by atoms with Gasteiger partial charge in [0.15, 0.2) is 5.16 Å². The lowest BCUT2D eigenvalue weighted by Gasteiger charge is -2.27. The molecule has 0 bridgehead atoms. The third-order valence-corrected chi connectivity index (χ3v) is 6.15. The Hall–Kier alpha value is -3.13. The first-order chi connectivity index (χ1) is 15.1. The Morgan fingerprint density at radius 2 is 1.68 bits per heavy atom. The molecule has 8 heteroatoms.